The first-order valence-electron chi connectivity index (χ1n) is 9.53. The second-order valence-corrected chi connectivity index (χ2v) is 8.70. The zero-order valence-electron chi connectivity index (χ0n) is 16.1. The van der Waals surface area contributed by atoms with Crippen LogP contribution in [0.3, 0.4) is 0 Å². The van der Waals surface area contributed by atoms with E-state index in [1.54, 1.807) is 11.8 Å². The summed E-state index contributed by atoms with van der Waals surface area (Å²) in [7, 11) is 0. The number of nitrogens with one attached hydrogen (secondary N) is 1. The smallest absolute Gasteiger partial charge is 0.252 e. The summed E-state index contributed by atoms with van der Waals surface area (Å²) in [5.74, 6) is -0.0254. The quantitative estimate of drug-likeness (QED) is 0.737. The summed E-state index contributed by atoms with van der Waals surface area (Å²) in [5, 5.41) is 3.50. The van der Waals surface area contributed by atoms with Crippen LogP contribution in [0, 0.1) is 0 Å². The van der Waals surface area contributed by atoms with Crippen LogP contribution >= 0.6 is 11.8 Å². The third kappa shape index (κ3) is 6.09. The van der Waals surface area contributed by atoms with Crippen LogP contribution in [0.15, 0.2) is 59.5 Å². The van der Waals surface area contributed by atoms with Gasteiger partial charge < -0.3 is 10.1 Å². The summed E-state index contributed by atoms with van der Waals surface area (Å²) in [6, 6.07) is 18.3. The Morgan fingerprint density at radius 1 is 1.19 bits per heavy atom. The Kier molecular flexibility index (Phi) is 7.33. The Balaban J connectivity index is 1.53. The number of ether oxygens (including phenoxy) is 1. The highest BCUT2D eigenvalue weighted by Gasteiger charge is 2.22. The van der Waals surface area contributed by atoms with Crippen molar-refractivity contribution < 1.29 is 9.53 Å². The molecule has 4 nitrogen and oxygen atoms in total. The number of amides is 1. The number of carbonyl (C=O) groups excluding carboxylic acids is 1. The van der Waals surface area contributed by atoms with E-state index in [0.29, 0.717) is 18.4 Å². The minimum absolute atomic E-state index is 0.0244. The second kappa shape index (κ2) is 9.93. The maximum Gasteiger partial charge on any atom is 0.252 e. The SMILES string of the molecule is CC(C)Sc1ccccc1C(=O)NC[C@H]1CN(Cc2ccccc2)CCO1. The molecule has 3 rings (SSSR count). The van der Waals surface area contributed by atoms with Gasteiger partial charge in [0.15, 0.2) is 0 Å². The van der Waals surface area contributed by atoms with Crippen LogP contribution in [0.25, 0.3) is 0 Å². The third-order valence-electron chi connectivity index (χ3n) is 4.46. The van der Waals surface area contributed by atoms with Gasteiger partial charge in [-0.05, 0) is 17.7 Å². The molecular formula is C22H28N2O2S. The number of morpholine rings is 1. The van der Waals surface area contributed by atoms with Crippen LogP contribution in [0.2, 0.25) is 0 Å². The van der Waals surface area contributed by atoms with Crippen molar-refractivity contribution in [3.05, 3.63) is 65.7 Å². The summed E-state index contributed by atoms with van der Waals surface area (Å²) in [4.78, 5) is 16.1. The molecule has 1 atom stereocenters. The molecule has 0 aliphatic carbocycles. The lowest BCUT2D eigenvalue weighted by Gasteiger charge is -2.33. The zero-order valence-corrected chi connectivity index (χ0v) is 16.9. The van der Waals surface area contributed by atoms with Crippen LogP contribution < -0.4 is 5.32 Å². The van der Waals surface area contributed by atoms with E-state index in [1.165, 1.54) is 5.56 Å². The van der Waals surface area contributed by atoms with Crippen molar-refractivity contribution in [2.45, 2.75) is 36.6 Å². The van der Waals surface area contributed by atoms with E-state index in [2.05, 4.69) is 48.3 Å². The molecule has 1 fully saturated rings. The van der Waals surface area contributed by atoms with Crippen LogP contribution in [0.5, 0.6) is 0 Å². The standard InChI is InChI=1S/C22H28N2O2S/c1-17(2)27-21-11-7-6-10-20(21)22(25)23-14-19-16-24(12-13-26-19)15-18-8-4-3-5-9-18/h3-11,17,19H,12-16H2,1-2H3,(H,23,25)/t19-/m0/s1. The maximum atomic E-state index is 12.7. The summed E-state index contributed by atoms with van der Waals surface area (Å²) in [6.45, 7) is 8.18. The molecular weight excluding hydrogens is 356 g/mol. The van der Waals surface area contributed by atoms with E-state index >= 15 is 0 Å². The lowest BCUT2D eigenvalue weighted by atomic mass is 10.2. The molecule has 1 heterocycles. The number of thioether (sulfide) groups is 1. The van der Waals surface area contributed by atoms with Crippen molar-refractivity contribution in [1.82, 2.24) is 10.2 Å². The predicted octanol–water partition coefficient (Wildman–Crippen LogP) is 3.82. The number of nitrogens with zero attached hydrogens (tertiary/aromatic N) is 1. The molecule has 1 aliphatic rings. The first-order chi connectivity index (χ1) is 13.1. The Morgan fingerprint density at radius 2 is 1.93 bits per heavy atom. The molecule has 5 heteroatoms. The van der Waals surface area contributed by atoms with Crippen LogP contribution in [-0.4, -0.2) is 48.4 Å². The predicted molar refractivity (Wildman–Crippen MR) is 111 cm³/mol. The minimum Gasteiger partial charge on any atom is -0.374 e. The molecule has 144 valence electrons. The van der Waals surface area contributed by atoms with E-state index in [4.69, 9.17) is 4.74 Å². The lowest BCUT2D eigenvalue weighted by molar-refractivity contribution is -0.0292. The van der Waals surface area contributed by atoms with Gasteiger partial charge in [-0.1, -0.05) is 56.3 Å². The highest BCUT2D eigenvalue weighted by molar-refractivity contribution is 8.00. The molecule has 1 saturated heterocycles. The Morgan fingerprint density at radius 3 is 2.70 bits per heavy atom. The van der Waals surface area contributed by atoms with Gasteiger partial charge >= 0.3 is 0 Å². The van der Waals surface area contributed by atoms with Gasteiger partial charge in [-0.15, -0.1) is 11.8 Å². The van der Waals surface area contributed by atoms with Gasteiger partial charge in [-0.2, -0.15) is 0 Å². The molecule has 0 aromatic heterocycles. The Hall–Kier alpha value is -1.82. The Bertz CT molecular complexity index is 736. The van der Waals surface area contributed by atoms with Gasteiger partial charge in [0.2, 0.25) is 0 Å². The first-order valence-corrected chi connectivity index (χ1v) is 10.4. The number of benzene rings is 2. The fraction of sp³-hybridized carbons (Fsp3) is 0.409. The monoisotopic (exact) mass is 384 g/mol. The maximum absolute atomic E-state index is 12.7. The minimum atomic E-state index is -0.0254. The van der Waals surface area contributed by atoms with Crippen LogP contribution in [0.1, 0.15) is 29.8 Å². The first kappa shape index (κ1) is 19.9. The van der Waals surface area contributed by atoms with Crippen molar-refractivity contribution in [3.63, 3.8) is 0 Å². The number of rotatable bonds is 7. The van der Waals surface area contributed by atoms with Gasteiger partial charge in [0.05, 0.1) is 18.3 Å². The van der Waals surface area contributed by atoms with Gasteiger partial charge in [-0.25, -0.2) is 0 Å². The summed E-state index contributed by atoms with van der Waals surface area (Å²) in [5.41, 5.74) is 2.05. The fourth-order valence-electron chi connectivity index (χ4n) is 3.20. The molecule has 1 aliphatic heterocycles. The molecule has 2 aromatic carbocycles. The van der Waals surface area contributed by atoms with Crippen molar-refractivity contribution in [3.8, 4) is 0 Å². The molecule has 1 N–H and O–H groups in total. The topological polar surface area (TPSA) is 41.6 Å². The van der Waals surface area contributed by atoms with Gasteiger partial charge in [0.25, 0.3) is 5.91 Å². The van der Waals surface area contributed by atoms with Gasteiger partial charge in [0, 0.05) is 36.3 Å². The molecule has 2 aromatic rings. The molecule has 0 unspecified atom stereocenters. The van der Waals surface area contributed by atoms with E-state index in [0.717, 1.165) is 30.1 Å². The summed E-state index contributed by atoms with van der Waals surface area (Å²) in [6.07, 6.45) is 0.0244. The lowest BCUT2D eigenvalue weighted by Crippen LogP contribution is -2.47. The van der Waals surface area contributed by atoms with Crippen LogP contribution in [0.4, 0.5) is 0 Å². The molecule has 0 saturated carbocycles. The van der Waals surface area contributed by atoms with E-state index in [9.17, 15) is 4.79 Å². The average Bonchev–Trinajstić information content (AvgIpc) is 2.67. The highest BCUT2D eigenvalue weighted by atomic mass is 32.2. The molecule has 27 heavy (non-hydrogen) atoms. The van der Waals surface area contributed by atoms with Gasteiger partial charge in [0.1, 0.15) is 0 Å². The van der Waals surface area contributed by atoms with E-state index in [-0.39, 0.29) is 12.0 Å². The van der Waals surface area contributed by atoms with Gasteiger partial charge in [-0.3, -0.25) is 9.69 Å². The van der Waals surface area contributed by atoms with Crippen molar-refractivity contribution in [1.29, 1.82) is 0 Å². The zero-order chi connectivity index (χ0) is 19.1. The molecule has 0 radical (unpaired) electrons. The summed E-state index contributed by atoms with van der Waals surface area (Å²) >= 11 is 1.72. The Labute approximate surface area is 166 Å². The van der Waals surface area contributed by atoms with Crippen molar-refractivity contribution in [2.24, 2.45) is 0 Å². The van der Waals surface area contributed by atoms with E-state index in [1.807, 2.05) is 30.3 Å². The number of hydrogen-bond donors (Lipinski definition) is 1. The normalized spacial score (nSPS) is 17.8. The van der Waals surface area contributed by atoms with Crippen molar-refractivity contribution in [2.75, 3.05) is 26.2 Å². The largest absolute Gasteiger partial charge is 0.374 e. The molecule has 0 spiro atoms. The fourth-order valence-corrected chi connectivity index (χ4v) is 4.15. The molecule has 0 bridgehead atoms. The van der Waals surface area contributed by atoms with Crippen LogP contribution in [-0.2, 0) is 11.3 Å². The second-order valence-electron chi connectivity index (χ2n) is 7.09. The average molecular weight is 385 g/mol. The molecule has 1 amide bonds. The number of hydrogen-bond acceptors (Lipinski definition) is 4. The number of carbonyl (C=O) groups is 1. The summed E-state index contributed by atoms with van der Waals surface area (Å²) < 4.78 is 5.87. The highest BCUT2D eigenvalue weighted by Crippen LogP contribution is 2.26. The third-order valence-corrected chi connectivity index (χ3v) is 5.54. The van der Waals surface area contributed by atoms with Crippen molar-refractivity contribution >= 4 is 17.7 Å². The van der Waals surface area contributed by atoms with E-state index < -0.39 is 0 Å².